The highest BCUT2D eigenvalue weighted by Crippen LogP contribution is 2.51. The van der Waals surface area contributed by atoms with Crippen molar-refractivity contribution in [3.05, 3.63) is 35.9 Å². The van der Waals surface area contributed by atoms with Crippen molar-refractivity contribution in [3.8, 4) is 0 Å². The Hall–Kier alpha value is -1.53. The molecule has 0 aliphatic carbocycles. The summed E-state index contributed by atoms with van der Waals surface area (Å²) in [6, 6.07) is 8.72. The molecular weight excluding hydrogens is 626 g/mol. The van der Waals surface area contributed by atoms with Crippen LogP contribution in [0.5, 0.6) is 0 Å². The average Bonchev–Trinajstić information content (AvgIpc) is 3.43. The molecule has 1 aromatic rings. The molecule has 2 rings (SSSR count). The molecule has 1 aromatic carbocycles. The van der Waals surface area contributed by atoms with Gasteiger partial charge in [-0.1, -0.05) is 62.9 Å². The molecule has 1 heterocycles. The highest BCUT2D eigenvalue weighted by Gasteiger charge is 2.45. The molecule has 0 saturated carbocycles. The van der Waals surface area contributed by atoms with Gasteiger partial charge in [-0.2, -0.15) is 0 Å². The van der Waals surface area contributed by atoms with Gasteiger partial charge in [-0.25, -0.2) is 14.4 Å². The molecule has 2 unspecified atom stereocenters. The number of carbonyl (C=O) groups is 3. The molecule has 1 fully saturated rings. The summed E-state index contributed by atoms with van der Waals surface area (Å²) < 4.78 is 26.8. The van der Waals surface area contributed by atoms with Crippen molar-refractivity contribution < 1.29 is 37.8 Å². The third kappa shape index (κ3) is 12.5. The van der Waals surface area contributed by atoms with Crippen LogP contribution in [-0.2, 0) is 34.8 Å². The van der Waals surface area contributed by atoms with Crippen LogP contribution < -0.4 is 10.6 Å². The second kappa shape index (κ2) is 17.2. The standard InChI is InChI=1S/C26H40IN2O8P/c1-2-3-4-5-11-19-38(33,34)37-26(27,24(31)36-23(30)22-15-12-18-28-22)16-9-10-17-29-25(32)35-20-21-13-7-6-8-14-21/h6-8,13-14,22,28H,2-5,9-12,15-20H2,1H3,(H,29,32)(H,33,34)/t22-,26?/m0/s1. The number of rotatable bonds is 17. The number of benzene rings is 1. The van der Waals surface area contributed by atoms with Crippen molar-refractivity contribution in [1.29, 1.82) is 0 Å². The van der Waals surface area contributed by atoms with E-state index in [1.165, 1.54) is 0 Å². The van der Waals surface area contributed by atoms with Gasteiger partial charge in [0, 0.05) is 6.54 Å². The predicted octanol–water partition coefficient (Wildman–Crippen LogP) is 5.21. The zero-order valence-electron chi connectivity index (χ0n) is 22.0. The number of halogens is 1. The Bertz CT molecular complexity index is 929. The second-order valence-electron chi connectivity index (χ2n) is 9.40. The summed E-state index contributed by atoms with van der Waals surface area (Å²) in [4.78, 5) is 47.8. The quantitative estimate of drug-likeness (QED) is 0.0511. The monoisotopic (exact) mass is 666 g/mol. The first-order chi connectivity index (χ1) is 18.1. The number of hydrogen-bond acceptors (Lipinski definition) is 8. The van der Waals surface area contributed by atoms with Crippen LogP contribution in [0.3, 0.4) is 0 Å². The van der Waals surface area contributed by atoms with Crippen molar-refractivity contribution in [2.75, 3.05) is 19.3 Å². The molecule has 1 aliphatic rings. The van der Waals surface area contributed by atoms with Crippen LogP contribution in [0.4, 0.5) is 4.79 Å². The van der Waals surface area contributed by atoms with E-state index in [1.807, 2.05) is 30.3 Å². The molecule has 12 heteroatoms. The molecule has 0 bridgehead atoms. The van der Waals surface area contributed by atoms with Gasteiger partial charge in [0.05, 0.1) is 6.16 Å². The summed E-state index contributed by atoms with van der Waals surface area (Å²) in [5.41, 5.74) is 0.870. The molecule has 1 aliphatic heterocycles. The highest BCUT2D eigenvalue weighted by molar-refractivity contribution is 14.1. The normalized spacial score (nSPS) is 18.2. The van der Waals surface area contributed by atoms with Crippen molar-refractivity contribution in [2.24, 2.45) is 0 Å². The summed E-state index contributed by atoms with van der Waals surface area (Å²) >= 11 is 1.67. The first kappa shape index (κ1) is 32.7. The Morgan fingerprint density at radius 2 is 1.87 bits per heavy atom. The topological polar surface area (TPSA) is 140 Å². The molecule has 0 aromatic heterocycles. The number of alkyl halides is 1. The summed E-state index contributed by atoms with van der Waals surface area (Å²) in [6.45, 7) is 3.16. The minimum atomic E-state index is -4.12. The lowest BCUT2D eigenvalue weighted by Gasteiger charge is -2.28. The van der Waals surface area contributed by atoms with E-state index < -0.39 is 35.3 Å². The van der Waals surface area contributed by atoms with E-state index >= 15 is 0 Å². The number of carbonyl (C=O) groups excluding carboxylic acids is 3. The summed E-state index contributed by atoms with van der Waals surface area (Å²) in [5, 5.41) is 5.61. The first-order valence-electron chi connectivity index (χ1n) is 13.3. The summed E-state index contributed by atoms with van der Waals surface area (Å²) in [7, 11) is -4.12. The van der Waals surface area contributed by atoms with Crippen LogP contribution in [0.15, 0.2) is 30.3 Å². The lowest BCUT2D eigenvalue weighted by molar-refractivity contribution is -0.167. The maximum atomic E-state index is 13.0. The van der Waals surface area contributed by atoms with E-state index in [1.54, 1.807) is 22.6 Å². The third-order valence-corrected chi connectivity index (χ3v) is 9.11. The Balaban J connectivity index is 1.87. The van der Waals surface area contributed by atoms with E-state index in [9.17, 15) is 23.8 Å². The van der Waals surface area contributed by atoms with E-state index in [-0.39, 0.29) is 25.7 Å². The average molecular weight is 666 g/mol. The van der Waals surface area contributed by atoms with E-state index in [0.29, 0.717) is 32.2 Å². The van der Waals surface area contributed by atoms with E-state index in [4.69, 9.17) is 14.0 Å². The number of unbranched alkanes of at least 4 members (excludes halogenated alkanes) is 5. The molecule has 0 radical (unpaired) electrons. The van der Waals surface area contributed by atoms with Crippen LogP contribution in [0.1, 0.15) is 76.7 Å². The Morgan fingerprint density at radius 1 is 1.13 bits per heavy atom. The van der Waals surface area contributed by atoms with Crippen LogP contribution >= 0.6 is 30.2 Å². The van der Waals surface area contributed by atoms with Gasteiger partial charge >= 0.3 is 25.6 Å². The van der Waals surface area contributed by atoms with Crippen LogP contribution in [0.2, 0.25) is 0 Å². The molecule has 3 N–H and O–H groups in total. The smallest absolute Gasteiger partial charge is 0.407 e. The maximum Gasteiger partial charge on any atom is 0.407 e. The fourth-order valence-corrected chi connectivity index (χ4v) is 6.69. The third-order valence-electron chi connectivity index (χ3n) is 6.08. The minimum absolute atomic E-state index is 0.0267. The van der Waals surface area contributed by atoms with Crippen molar-refractivity contribution >= 4 is 48.2 Å². The molecule has 10 nitrogen and oxygen atoms in total. The molecule has 3 atom stereocenters. The van der Waals surface area contributed by atoms with E-state index in [2.05, 4.69) is 17.6 Å². The molecule has 0 spiro atoms. The highest BCUT2D eigenvalue weighted by atomic mass is 127. The number of ether oxygens (including phenoxy) is 2. The molecule has 1 saturated heterocycles. The van der Waals surface area contributed by atoms with Gasteiger partial charge in [0.1, 0.15) is 12.6 Å². The molecule has 38 heavy (non-hydrogen) atoms. The summed E-state index contributed by atoms with van der Waals surface area (Å²) in [5.74, 6) is -1.71. The van der Waals surface area contributed by atoms with E-state index in [0.717, 1.165) is 37.7 Å². The lowest BCUT2D eigenvalue weighted by Crippen LogP contribution is -2.41. The largest absolute Gasteiger partial charge is 0.445 e. The van der Waals surface area contributed by atoms with Crippen molar-refractivity contribution in [1.82, 2.24) is 10.6 Å². The molecule has 1 amide bonds. The Labute approximate surface area is 238 Å². The Morgan fingerprint density at radius 3 is 2.55 bits per heavy atom. The van der Waals surface area contributed by atoms with Gasteiger partial charge in [-0.05, 0) is 73.2 Å². The Kier molecular flexibility index (Phi) is 14.8. The van der Waals surface area contributed by atoms with Crippen LogP contribution in [-0.4, -0.2) is 51.8 Å². The zero-order chi connectivity index (χ0) is 27.9. The van der Waals surface area contributed by atoms with Gasteiger partial charge in [0.25, 0.3) is 0 Å². The predicted molar refractivity (Wildman–Crippen MR) is 152 cm³/mol. The van der Waals surface area contributed by atoms with Gasteiger partial charge in [-0.3, -0.25) is 9.09 Å². The number of nitrogens with one attached hydrogen (secondary N) is 2. The maximum absolute atomic E-state index is 13.0. The first-order valence-corrected chi connectivity index (χ1v) is 16.1. The van der Waals surface area contributed by atoms with Crippen LogP contribution in [0, 0.1) is 0 Å². The fourth-order valence-electron chi connectivity index (χ4n) is 3.94. The van der Waals surface area contributed by atoms with Crippen molar-refractivity contribution in [2.45, 2.75) is 87.4 Å². The number of alkyl carbamates (subject to hydrolysis) is 1. The van der Waals surface area contributed by atoms with Gasteiger partial charge in [-0.15, -0.1) is 0 Å². The van der Waals surface area contributed by atoms with Gasteiger partial charge < -0.3 is 25.0 Å². The molecule has 214 valence electrons. The number of esters is 2. The fraction of sp³-hybridized carbons (Fsp3) is 0.654. The number of hydrogen-bond donors (Lipinski definition) is 3. The van der Waals surface area contributed by atoms with Crippen LogP contribution in [0.25, 0.3) is 0 Å². The van der Waals surface area contributed by atoms with Crippen molar-refractivity contribution in [3.63, 3.8) is 0 Å². The lowest BCUT2D eigenvalue weighted by atomic mass is 10.1. The SMILES string of the molecule is CCCCCCCP(=O)(O)OC(I)(CCCCNC(=O)OCc1ccccc1)C(=O)OC(=O)[C@@H]1CCCN1. The zero-order valence-corrected chi connectivity index (χ0v) is 25.0. The van der Waals surface area contributed by atoms with Gasteiger partial charge in [0.15, 0.2) is 0 Å². The minimum Gasteiger partial charge on any atom is -0.445 e. The number of amides is 1. The molecular formula is C26H40IN2O8P. The van der Waals surface area contributed by atoms with Gasteiger partial charge in [0.2, 0.25) is 3.61 Å². The summed E-state index contributed by atoms with van der Waals surface area (Å²) in [6.07, 6.45) is 5.89. The second-order valence-corrected chi connectivity index (χ2v) is 13.0.